The van der Waals surface area contributed by atoms with Gasteiger partial charge in [-0.3, -0.25) is 0 Å². The fourth-order valence-corrected chi connectivity index (χ4v) is 3.09. The first-order valence-corrected chi connectivity index (χ1v) is 5.66. The van der Waals surface area contributed by atoms with Gasteiger partial charge >= 0.3 is 0 Å². The van der Waals surface area contributed by atoms with Gasteiger partial charge < -0.3 is 4.42 Å². The summed E-state index contributed by atoms with van der Waals surface area (Å²) in [5.74, 6) is -0.648. The Morgan fingerprint density at radius 1 is 1.00 bits per heavy atom. The molecule has 0 aromatic carbocycles. The third-order valence-corrected chi connectivity index (χ3v) is 2.79. The van der Waals surface area contributed by atoms with E-state index in [1.54, 1.807) is 12.1 Å². The standard InChI is InChI=1S/C7H4Cl6O/c8-6(9,10)5(7(11,12)13)4-2-1-3-14-4/h1-3,5H. The Balaban J connectivity index is 3.08. The summed E-state index contributed by atoms with van der Waals surface area (Å²) < 4.78 is 1.55. The van der Waals surface area contributed by atoms with Crippen LogP contribution in [-0.4, -0.2) is 7.59 Å². The zero-order valence-electron chi connectivity index (χ0n) is 6.49. The molecule has 0 unspecified atom stereocenters. The van der Waals surface area contributed by atoms with Crippen molar-refractivity contribution >= 4 is 69.6 Å². The maximum atomic E-state index is 5.69. The van der Waals surface area contributed by atoms with E-state index in [1.165, 1.54) is 6.26 Å². The van der Waals surface area contributed by atoms with Gasteiger partial charge in [0.1, 0.15) is 11.7 Å². The molecular weight excluding hydrogens is 313 g/mol. The molecule has 0 atom stereocenters. The fourth-order valence-electron chi connectivity index (χ4n) is 0.964. The lowest BCUT2D eigenvalue weighted by Crippen LogP contribution is -2.29. The molecule has 7 heteroatoms. The van der Waals surface area contributed by atoms with Crippen molar-refractivity contribution in [3.8, 4) is 0 Å². The number of hydrogen-bond acceptors (Lipinski definition) is 1. The van der Waals surface area contributed by atoms with Crippen molar-refractivity contribution in [3.05, 3.63) is 24.2 Å². The van der Waals surface area contributed by atoms with Gasteiger partial charge in [0.25, 0.3) is 0 Å². The lowest BCUT2D eigenvalue weighted by Gasteiger charge is -2.28. The summed E-state index contributed by atoms with van der Waals surface area (Å²) in [7, 11) is 0. The van der Waals surface area contributed by atoms with Crippen LogP contribution >= 0.6 is 69.6 Å². The third-order valence-electron chi connectivity index (χ3n) is 1.48. The first kappa shape index (κ1) is 13.1. The Morgan fingerprint density at radius 2 is 1.50 bits per heavy atom. The number of furan rings is 1. The Morgan fingerprint density at radius 3 is 1.79 bits per heavy atom. The second kappa shape index (κ2) is 4.48. The lowest BCUT2D eigenvalue weighted by molar-refractivity contribution is 0.465. The molecule has 0 saturated carbocycles. The SMILES string of the molecule is ClC(Cl)(Cl)C(c1ccco1)C(Cl)(Cl)Cl. The van der Waals surface area contributed by atoms with Gasteiger partial charge in [-0.15, -0.1) is 0 Å². The molecule has 0 spiro atoms. The molecule has 0 bridgehead atoms. The van der Waals surface area contributed by atoms with E-state index >= 15 is 0 Å². The molecule has 80 valence electrons. The van der Waals surface area contributed by atoms with E-state index in [-0.39, 0.29) is 0 Å². The van der Waals surface area contributed by atoms with Crippen LogP contribution in [0.3, 0.4) is 0 Å². The number of halogens is 6. The van der Waals surface area contributed by atoms with Crippen molar-refractivity contribution in [3.63, 3.8) is 0 Å². The van der Waals surface area contributed by atoms with E-state index in [4.69, 9.17) is 74.0 Å². The highest BCUT2D eigenvalue weighted by Crippen LogP contribution is 2.53. The normalized spacial score (nSPS) is 13.6. The molecule has 0 saturated heterocycles. The topological polar surface area (TPSA) is 13.1 Å². The van der Waals surface area contributed by atoms with E-state index < -0.39 is 13.5 Å². The number of alkyl halides is 6. The quantitative estimate of drug-likeness (QED) is 0.657. The molecule has 0 aliphatic carbocycles. The smallest absolute Gasteiger partial charge is 0.204 e. The highest BCUT2D eigenvalue weighted by Gasteiger charge is 2.49. The van der Waals surface area contributed by atoms with Crippen molar-refractivity contribution in [1.82, 2.24) is 0 Å². The van der Waals surface area contributed by atoms with E-state index in [2.05, 4.69) is 0 Å². The van der Waals surface area contributed by atoms with E-state index in [0.29, 0.717) is 5.76 Å². The van der Waals surface area contributed by atoms with E-state index in [1.807, 2.05) is 0 Å². The van der Waals surface area contributed by atoms with Gasteiger partial charge in [0, 0.05) is 0 Å². The van der Waals surface area contributed by atoms with Gasteiger partial charge in [-0.1, -0.05) is 69.6 Å². The van der Waals surface area contributed by atoms with Crippen molar-refractivity contribution in [2.24, 2.45) is 0 Å². The minimum Gasteiger partial charge on any atom is -0.469 e. The Hall–Kier alpha value is 1.02. The third kappa shape index (κ3) is 3.26. The average molecular weight is 317 g/mol. The van der Waals surface area contributed by atoms with Crippen molar-refractivity contribution in [2.45, 2.75) is 13.5 Å². The first-order valence-electron chi connectivity index (χ1n) is 3.40. The largest absolute Gasteiger partial charge is 0.469 e. The van der Waals surface area contributed by atoms with Gasteiger partial charge in [0.2, 0.25) is 7.59 Å². The zero-order valence-corrected chi connectivity index (χ0v) is 11.0. The summed E-state index contributed by atoms with van der Waals surface area (Å²) in [4.78, 5) is 0. The molecule has 1 aromatic rings. The van der Waals surface area contributed by atoms with Crippen molar-refractivity contribution < 1.29 is 4.42 Å². The molecule has 1 rings (SSSR count). The predicted molar refractivity (Wildman–Crippen MR) is 62.0 cm³/mol. The molecule has 1 nitrogen and oxygen atoms in total. The minimum absolute atomic E-state index is 0.310. The molecular formula is C7H4Cl6O. The summed E-state index contributed by atoms with van der Waals surface area (Å²) in [6.07, 6.45) is 1.41. The predicted octanol–water partition coefficient (Wildman–Crippen LogP) is 5.10. The highest BCUT2D eigenvalue weighted by molar-refractivity contribution is 6.73. The summed E-state index contributed by atoms with van der Waals surface area (Å²) in [6, 6.07) is 3.20. The molecule has 0 amide bonds. The molecule has 1 heterocycles. The number of hydrogen-bond donors (Lipinski definition) is 0. The molecule has 14 heavy (non-hydrogen) atoms. The Kier molecular flexibility index (Phi) is 4.19. The van der Waals surface area contributed by atoms with Crippen molar-refractivity contribution in [1.29, 1.82) is 0 Å². The zero-order chi connectivity index (χ0) is 11.0. The van der Waals surface area contributed by atoms with E-state index in [0.717, 1.165) is 0 Å². The van der Waals surface area contributed by atoms with Crippen LogP contribution in [0.2, 0.25) is 0 Å². The molecule has 0 N–H and O–H groups in total. The number of rotatable bonds is 1. The second-order valence-electron chi connectivity index (χ2n) is 2.53. The van der Waals surface area contributed by atoms with Crippen LogP contribution in [0.1, 0.15) is 11.7 Å². The molecule has 0 aliphatic rings. The Bertz CT molecular complexity index is 268. The van der Waals surface area contributed by atoms with Crippen LogP contribution < -0.4 is 0 Å². The molecule has 1 aromatic heterocycles. The Labute approximate surface area is 111 Å². The van der Waals surface area contributed by atoms with Crippen LogP contribution in [0, 0.1) is 0 Å². The van der Waals surface area contributed by atoms with Gasteiger partial charge in [-0.2, -0.15) is 0 Å². The lowest BCUT2D eigenvalue weighted by atomic mass is 10.1. The maximum Gasteiger partial charge on any atom is 0.204 e. The molecule has 0 radical (unpaired) electrons. The van der Waals surface area contributed by atoms with Crippen LogP contribution in [0.4, 0.5) is 0 Å². The molecule has 0 fully saturated rings. The summed E-state index contributed by atoms with van der Waals surface area (Å²) in [6.45, 7) is 0. The molecule has 0 aliphatic heterocycles. The highest BCUT2D eigenvalue weighted by atomic mass is 35.6. The fraction of sp³-hybridized carbons (Fsp3) is 0.429. The van der Waals surface area contributed by atoms with Gasteiger partial charge in [-0.05, 0) is 12.1 Å². The van der Waals surface area contributed by atoms with Gasteiger partial charge in [0.05, 0.1) is 6.26 Å². The van der Waals surface area contributed by atoms with Crippen LogP contribution in [0.15, 0.2) is 22.8 Å². The van der Waals surface area contributed by atoms with E-state index in [9.17, 15) is 0 Å². The van der Waals surface area contributed by atoms with Crippen LogP contribution in [0.5, 0.6) is 0 Å². The summed E-state index contributed by atoms with van der Waals surface area (Å²) in [5, 5.41) is 0. The monoisotopic (exact) mass is 314 g/mol. The van der Waals surface area contributed by atoms with Crippen LogP contribution in [0.25, 0.3) is 0 Å². The van der Waals surface area contributed by atoms with Gasteiger partial charge in [0.15, 0.2) is 0 Å². The summed E-state index contributed by atoms with van der Waals surface area (Å²) in [5.41, 5.74) is 0. The second-order valence-corrected chi connectivity index (χ2v) is 7.27. The minimum atomic E-state index is -1.75. The van der Waals surface area contributed by atoms with Crippen molar-refractivity contribution in [2.75, 3.05) is 0 Å². The van der Waals surface area contributed by atoms with Crippen LogP contribution in [-0.2, 0) is 0 Å². The average Bonchev–Trinajstić information content (AvgIpc) is 2.31. The maximum absolute atomic E-state index is 5.69. The summed E-state index contributed by atoms with van der Waals surface area (Å²) >= 11 is 34.2. The first-order chi connectivity index (χ1) is 6.23. The van der Waals surface area contributed by atoms with Gasteiger partial charge in [-0.25, -0.2) is 0 Å².